The van der Waals surface area contributed by atoms with Gasteiger partial charge in [-0.25, -0.2) is 13.4 Å². The van der Waals surface area contributed by atoms with E-state index in [1.54, 1.807) is 36.4 Å². The molecule has 0 unspecified atom stereocenters. The van der Waals surface area contributed by atoms with Gasteiger partial charge in [0.25, 0.3) is 0 Å². The fraction of sp³-hybridized carbons (Fsp3) is 0.273. The molecule has 9 heteroatoms. The molecule has 31 heavy (non-hydrogen) atoms. The first kappa shape index (κ1) is 21.4. The van der Waals surface area contributed by atoms with Crippen LogP contribution in [0.4, 0.5) is 23.1 Å². The van der Waals surface area contributed by atoms with Crippen LogP contribution in [0.25, 0.3) is 0 Å². The van der Waals surface area contributed by atoms with Crippen LogP contribution in [0, 0.1) is 6.92 Å². The third kappa shape index (κ3) is 5.86. The Hall–Kier alpha value is -2.84. The van der Waals surface area contributed by atoms with Crippen molar-refractivity contribution >= 4 is 44.8 Å². The number of hydrogen-bond donors (Lipinski definition) is 2. The lowest BCUT2D eigenvalue weighted by molar-refractivity contribution is 0.600. The Kier molecular flexibility index (Phi) is 6.29. The molecule has 0 radical (unpaired) electrons. The lowest BCUT2D eigenvalue weighted by atomic mass is 10.2. The maximum atomic E-state index is 12.4. The SMILES string of the molecule is Cc1cc(Nc2ccc(NS(=O)(=O)Cc3ccc(Cl)cc3)cc2)nc(N2CCCC2)n1. The Labute approximate surface area is 187 Å². The van der Waals surface area contributed by atoms with Crippen LogP contribution < -0.4 is 14.9 Å². The predicted octanol–water partition coefficient (Wildman–Crippen LogP) is 4.72. The maximum Gasteiger partial charge on any atom is 0.236 e. The molecular weight excluding hydrogens is 434 g/mol. The van der Waals surface area contributed by atoms with Gasteiger partial charge >= 0.3 is 0 Å². The van der Waals surface area contributed by atoms with E-state index < -0.39 is 10.0 Å². The smallest absolute Gasteiger partial charge is 0.236 e. The highest BCUT2D eigenvalue weighted by Gasteiger charge is 2.16. The average molecular weight is 458 g/mol. The van der Waals surface area contributed by atoms with Gasteiger partial charge in [0.05, 0.1) is 5.75 Å². The minimum atomic E-state index is -3.53. The number of benzene rings is 2. The van der Waals surface area contributed by atoms with Gasteiger partial charge in [0.15, 0.2) is 0 Å². The van der Waals surface area contributed by atoms with Gasteiger partial charge in [-0.1, -0.05) is 23.7 Å². The molecule has 0 amide bonds. The van der Waals surface area contributed by atoms with Crippen molar-refractivity contribution < 1.29 is 8.42 Å². The summed E-state index contributed by atoms with van der Waals surface area (Å²) < 4.78 is 27.5. The van der Waals surface area contributed by atoms with Crippen LogP contribution in [-0.4, -0.2) is 31.5 Å². The van der Waals surface area contributed by atoms with Gasteiger partial charge in [0.2, 0.25) is 16.0 Å². The van der Waals surface area contributed by atoms with Gasteiger partial charge in [0.1, 0.15) is 5.82 Å². The Bertz CT molecular complexity index is 1150. The average Bonchev–Trinajstić information content (AvgIpc) is 3.25. The number of hydrogen-bond acceptors (Lipinski definition) is 6. The molecule has 1 saturated heterocycles. The highest BCUT2D eigenvalue weighted by atomic mass is 35.5. The zero-order valence-electron chi connectivity index (χ0n) is 17.2. The molecule has 1 aliphatic heterocycles. The first-order valence-electron chi connectivity index (χ1n) is 10.1. The van der Waals surface area contributed by atoms with Crippen LogP contribution in [0.1, 0.15) is 24.1 Å². The summed E-state index contributed by atoms with van der Waals surface area (Å²) in [6.45, 7) is 3.91. The number of rotatable bonds is 7. The second-order valence-corrected chi connectivity index (χ2v) is 9.74. The van der Waals surface area contributed by atoms with Crippen molar-refractivity contribution in [1.29, 1.82) is 0 Å². The second-order valence-electron chi connectivity index (χ2n) is 7.58. The fourth-order valence-corrected chi connectivity index (χ4v) is 4.79. The third-order valence-corrected chi connectivity index (χ3v) is 6.44. The van der Waals surface area contributed by atoms with Gasteiger partial charge < -0.3 is 10.2 Å². The lowest BCUT2D eigenvalue weighted by Crippen LogP contribution is -2.21. The van der Waals surface area contributed by atoms with Crippen molar-refractivity contribution in [2.24, 2.45) is 0 Å². The van der Waals surface area contributed by atoms with Crippen LogP contribution >= 0.6 is 11.6 Å². The molecule has 0 bridgehead atoms. The van der Waals surface area contributed by atoms with E-state index in [1.165, 1.54) is 0 Å². The van der Waals surface area contributed by atoms with Gasteiger partial charge in [-0.2, -0.15) is 4.98 Å². The lowest BCUT2D eigenvalue weighted by Gasteiger charge is -2.17. The van der Waals surface area contributed by atoms with Crippen LogP contribution in [0.2, 0.25) is 5.02 Å². The first-order chi connectivity index (χ1) is 14.9. The van der Waals surface area contributed by atoms with E-state index in [1.807, 2.05) is 25.1 Å². The standard InChI is InChI=1S/C22H24ClN5O2S/c1-16-14-21(26-22(24-16)28-12-2-3-13-28)25-19-8-10-20(11-9-19)27-31(29,30)15-17-4-6-18(23)7-5-17/h4-11,14,27H,2-3,12-13,15H2,1H3,(H,24,25,26). The summed E-state index contributed by atoms with van der Waals surface area (Å²) in [6, 6.07) is 15.7. The summed E-state index contributed by atoms with van der Waals surface area (Å²) in [5.41, 5.74) is 2.87. The van der Waals surface area contributed by atoms with Gasteiger partial charge in [-0.3, -0.25) is 4.72 Å². The quantitative estimate of drug-likeness (QED) is 0.533. The van der Waals surface area contributed by atoms with Crippen molar-refractivity contribution in [1.82, 2.24) is 9.97 Å². The largest absolute Gasteiger partial charge is 0.341 e. The van der Waals surface area contributed by atoms with Gasteiger partial charge in [-0.05, 0) is 61.7 Å². The summed E-state index contributed by atoms with van der Waals surface area (Å²) in [6.07, 6.45) is 2.32. The number of halogens is 1. The minimum absolute atomic E-state index is 0.121. The monoisotopic (exact) mass is 457 g/mol. The molecule has 2 heterocycles. The molecule has 0 saturated carbocycles. The summed E-state index contributed by atoms with van der Waals surface area (Å²) in [5.74, 6) is 1.33. The van der Waals surface area contributed by atoms with Crippen LogP contribution in [0.15, 0.2) is 54.6 Å². The molecule has 2 aromatic carbocycles. The Morgan fingerprint density at radius 2 is 1.61 bits per heavy atom. The highest BCUT2D eigenvalue weighted by Crippen LogP contribution is 2.23. The van der Waals surface area contributed by atoms with E-state index in [2.05, 4.69) is 24.9 Å². The second kappa shape index (κ2) is 9.11. The summed E-state index contributed by atoms with van der Waals surface area (Å²) in [7, 11) is -3.53. The number of nitrogens with one attached hydrogen (secondary N) is 2. The summed E-state index contributed by atoms with van der Waals surface area (Å²) in [4.78, 5) is 11.4. The molecule has 1 fully saturated rings. The third-order valence-electron chi connectivity index (χ3n) is 4.93. The number of sulfonamides is 1. The molecule has 1 aromatic heterocycles. The fourth-order valence-electron chi connectivity index (χ4n) is 3.46. The van der Waals surface area contributed by atoms with Crippen molar-refractivity contribution in [2.75, 3.05) is 28.0 Å². The van der Waals surface area contributed by atoms with E-state index in [0.717, 1.165) is 43.3 Å². The molecule has 0 atom stereocenters. The Balaban J connectivity index is 1.42. The predicted molar refractivity (Wildman–Crippen MR) is 126 cm³/mol. The number of aromatic nitrogens is 2. The van der Waals surface area contributed by atoms with Crippen molar-refractivity contribution in [3.63, 3.8) is 0 Å². The highest BCUT2D eigenvalue weighted by molar-refractivity contribution is 7.91. The van der Waals surface area contributed by atoms with E-state index >= 15 is 0 Å². The molecule has 1 aliphatic rings. The van der Waals surface area contributed by atoms with Crippen molar-refractivity contribution in [3.05, 3.63) is 70.9 Å². The van der Waals surface area contributed by atoms with E-state index in [0.29, 0.717) is 22.1 Å². The molecule has 162 valence electrons. The summed E-state index contributed by atoms with van der Waals surface area (Å²) in [5, 5.41) is 3.85. The molecule has 3 aromatic rings. The number of aryl methyl sites for hydroxylation is 1. The van der Waals surface area contributed by atoms with Crippen LogP contribution in [0.5, 0.6) is 0 Å². The number of anilines is 4. The first-order valence-corrected chi connectivity index (χ1v) is 12.1. The van der Waals surface area contributed by atoms with E-state index in [4.69, 9.17) is 11.6 Å². The molecule has 2 N–H and O–H groups in total. The van der Waals surface area contributed by atoms with Gasteiger partial charge in [0, 0.05) is 41.2 Å². The Morgan fingerprint density at radius 1 is 0.968 bits per heavy atom. The maximum absolute atomic E-state index is 12.4. The summed E-state index contributed by atoms with van der Waals surface area (Å²) >= 11 is 5.85. The zero-order valence-corrected chi connectivity index (χ0v) is 18.7. The topological polar surface area (TPSA) is 87.2 Å². The zero-order chi connectivity index (χ0) is 21.8. The van der Waals surface area contributed by atoms with E-state index in [9.17, 15) is 8.42 Å². The molecule has 0 aliphatic carbocycles. The molecule has 0 spiro atoms. The molecular formula is C22H24ClN5O2S. The normalized spacial score (nSPS) is 13.9. The molecule has 4 rings (SSSR count). The van der Waals surface area contributed by atoms with Crippen molar-refractivity contribution in [2.45, 2.75) is 25.5 Å². The van der Waals surface area contributed by atoms with E-state index in [-0.39, 0.29) is 5.75 Å². The van der Waals surface area contributed by atoms with Gasteiger partial charge in [-0.15, -0.1) is 0 Å². The van der Waals surface area contributed by atoms with Crippen molar-refractivity contribution in [3.8, 4) is 0 Å². The van der Waals surface area contributed by atoms with Crippen LogP contribution in [-0.2, 0) is 15.8 Å². The van der Waals surface area contributed by atoms with Crippen LogP contribution in [0.3, 0.4) is 0 Å². The Morgan fingerprint density at radius 3 is 2.29 bits per heavy atom. The number of nitrogens with zero attached hydrogens (tertiary/aromatic N) is 3. The molecule has 7 nitrogen and oxygen atoms in total. The minimum Gasteiger partial charge on any atom is -0.341 e.